The maximum atomic E-state index is 5.56. The van der Waals surface area contributed by atoms with E-state index in [9.17, 15) is 0 Å². The number of pyridine rings is 2. The number of benzene rings is 6. The van der Waals surface area contributed by atoms with Crippen molar-refractivity contribution >= 4 is 21.8 Å². The molecule has 0 atom stereocenters. The summed E-state index contributed by atoms with van der Waals surface area (Å²) in [6, 6.07) is 57.7. The van der Waals surface area contributed by atoms with E-state index in [1.807, 2.05) is 0 Å². The minimum absolute atomic E-state index is 0.118. The van der Waals surface area contributed by atoms with Crippen LogP contribution in [0.4, 0.5) is 0 Å². The topological polar surface area (TPSA) is 41.6 Å². The molecule has 10 rings (SSSR count). The normalized spacial score (nSPS) is 12.4. The highest BCUT2D eigenvalue weighted by atomic mass is 14.8. The van der Waals surface area contributed by atoms with E-state index in [1.165, 1.54) is 44.2 Å². The van der Waals surface area contributed by atoms with Gasteiger partial charge in [0.05, 0.1) is 33.8 Å². The molecule has 57 heavy (non-hydrogen) atoms. The lowest BCUT2D eigenvalue weighted by atomic mass is 9.84. The Morgan fingerprint density at radius 2 is 0.719 bits per heavy atom. The fourth-order valence-electron chi connectivity index (χ4n) is 8.33. The summed E-state index contributed by atoms with van der Waals surface area (Å²) in [6.45, 7) is 13.7. The summed E-state index contributed by atoms with van der Waals surface area (Å²) < 4.78 is 0. The molecule has 3 heteroatoms. The predicted octanol–water partition coefficient (Wildman–Crippen LogP) is 14.7. The van der Waals surface area contributed by atoms with Gasteiger partial charge in [0.2, 0.25) is 0 Å². The Kier molecular flexibility index (Phi) is 7.95. The molecule has 9 aromatic rings. The second kappa shape index (κ2) is 13.0. The monoisotopic (exact) mass is 735 g/mol. The number of aromatic nitrogens is 3. The van der Waals surface area contributed by atoms with Crippen molar-refractivity contribution in [1.29, 1.82) is 0 Å². The fourth-order valence-corrected chi connectivity index (χ4v) is 8.33. The van der Waals surface area contributed by atoms with Gasteiger partial charge in [-0.1, -0.05) is 133 Å². The number of H-pyrrole nitrogens is 1. The molecule has 8 bridgehead atoms. The van der Waals surface area contributed by atoms with Gasteiger partial charge >= 0.3 is 0 Å². The molecule has 0 unspecified atom stereocenters. The molecule has 1 N–H and O–H groups in total. The van der Waals surface area contributed by atoms with E-state index >= 15 is 0 Å². The number of hydrogen-bond donors (Lipinski definition) is 1. The van der Waals surface area contributed by atoms with Gasteiger partial charge in [-0.3, -0.25) is 0 Å². The summed E-state index contributed by atoms with van der Waals surface area (Å²) >= 11 is 0. The quantitative estimate of drug-likeness (QED) is 0.196. The minimum Gasteiger partial charge on any atom is -0.353 e. The summed E-state index contributed by atoms with van der Waals surface area (Å²) in [5.74, 6) is 0. The first kappa shape index (κ1) is 34.9. The van der Waals surface area contributed by atoms with Crippen LogP contribution < -0.4 is 0 Å². The maximum absolute atomic E-state index is 5.56. The van der Waals surface area contributed by atoms with E-state index in [1.54, 1.807) is 0 Å². The van der Waals surface area contributed by atoms with Crippen molar-refractivity contribution in [1.82, 2.24) is 15.0 Å². The van der Waals surface area contributed by atoms with Crippen LogP contribution in [-0.2, 0) is 10.8 Å². The van der Waals surface area contributed by atoms with Crippen LogP contribution in [0.1, 0.15) is 52.7 Å². The Balaban J connectivity index is 1.42. The first-order valence-electron chi connectivity index (χ1n) is 20.0. The molecule has 4 heterocycles. The molecular weight excluding hydrogens is 691 g/mol. The molecule has 0 fully saturated rings. The van der Waals surface area contributed by atoms with E-state index in [0.29, 0.717) is 0 Å². The molecule has 0 radical (unpaired) electrons. The van der Waals surface area contributed by atoms with Crippen molar-refractivity contribution in [3.8, 4) is 78.4 Å². The standard InChI is InChI=1S/C54H45N3/c1-53(2,3)41-29-47-40-23-36(33-16-10-7-11-17-33)22-39(24-40)43-25-37(34-18-12-8-13-19-34)26-44-45-27-38(35-20-14-9-15-21-35)28-46(52(45)57-51(43)44)48-30-42(54(4,5)6)32-50(56-48)49(31-41)55-47/h7-32,57H,1-6H3. The molecule has 3 nitrogen and oxygen atoms in total. The first-order chi connectivity index (χ1) is 27.5. The average molecular weight is 736 g/mol. The molecule has 6 aromatic carbocycles. The fraction of sp³-hybridized carbons (Fsp3) is 0.148. The number of nitrogens with one attached hydrogen (secondary N) is 1. The van der Waals surface area contributed by atoms with Crippen LogP contribution in [0.15, 0.2) is 158 Å². The Bertz CT molecular complexity index is 3000. The van der Waals surface area contributed by atoms with Crippen LogP contribution in [0.25, 0.3) is 100 Å². The van der Waals surface area contributed by atoms with Crippen LogP contribution in [0.2, 0.25) is 0 Å². The highest BCUT2D eigenvalue weighted by molar-refractivity contribution is 6.18. The van der Waals surface area contributed by atoms with Gasteiger partial charge in [-0.05, 0) is 128 Å². The van der Waals surface area contributed by atoms with Crippen molar-refractivity contribution in [3.63, 3.8) is 0 Å². The van der Waals surface area contributed by atoms with Gasteiger partial charge in [0.1, 0.15) is 0 Å². The minimum atomic E-state index is -0.129. The Morgan fingerprint density at radius 3 is 1.23 bits per heavy atom. The number of hydrogen-bond acceptors (Lipinski definition) is 2. The summed E-state index contributed by atoms with van der Waals surface area (Å²) in [5, 5.41) is 2.36. The van der Waals surface area contributed by atoms with E-state index < -0.39 is 0 Å². The van der Waals surface area contributed by atoms with Crippen LogP contribution >= 0.6 is 0 Å². The number of nitrogens with zero attached hydrogens (tertiary/aromatic N) is 2. The zero-order valence-electron chi connectivity index (χ0n) is 33.4. The zero-order valence-corrected chi connectivity index (χ0v) is 33.4. The summed E-state index contributed by atoms with van der Waals surface area (Å²) in [5.41, 5.74) is 19.4. The van der Waals surface area contributed by atoms with Crippen molar-refractivity contribution < 1.29 is 0 Å². The largest absolute Gasteiger partial charge is 0.353 e. The highest BCUT2D eigenvalue weighted by Crippen LogP contribution is 2.45. The molecule has 3 aromatic heterocycles. The van der Waals surface area contributed by atoms with Crippen LogP contribution in [-0.4, -0.2) is 15.0 Å². The van der Waals surface area contributed by atoms with Crippen molar-refractivity contribution in [2.75, 3.05) is 0 Å². The lowest BCUT2D eigenvalue weighted by molar-refractivity contribution is 0.588. The molecule has 0 amide bonds. The third-order valence-electron chi connectivity index (χ3n) is 11.6. The summed E-state index contributed by atoms with van der Waals surface area (Å²) in [7, 11) is 0. The molecule has 276 valence electrons. The second-order valence-electron chi connectivity index (χ2n) is 17.7. The Labute approximate surface area is 335 Å². The van der Waals surface area contributed by atoms with Crippen molar-refractivity contribution in [2.24, 2.45) is 0 Å². The molecule has 0 saturated carbocycles. The molecule has 0 saturated heterocycles. The van der Waals surface area contributed by atoms with Gasteiger partial charge in [0, 0.05) is 27.5 Å². The Hall–Kier alpha value is -6.58. The van der Waals surface area contributed by atoms with E-state index in [0.717, 1.165) is 67.2 Å². The van der Waals surface area contributed by atoms with Gasteiger partial charge in [-0.15, -0.1) is 0 Å². The number of rotatable bonds is 3. The number of aromatic amines is 1. The van der Waals surface area contributed by atoms with Gasteiger partial charge in [0.25, 0.3) is 0 Å². The van der Waals surface area contributed by atoms with E-state index in [4.69, 9.17) is 9.97 Å². The SMILES string of the molecule is CC(C)(C)c1cc2nc(c1)-c1cc(C(C)(C)C)cc(n1)-c1cc(-c3ccccc3)cc3c1[nH]c1c(cc(-c4ccccc4)cc13)-c1cc(-c3ccccc3)cc-2c1. The van der Waals surface area contributed by atoms with Gasteiger partial charge < -0.3 is 4.98 Å². The number of fused-ring (bicyclic) bond motifs is 11. The van der Waals surface area contributed by atoms with E-state index in [2.05, 4.69) is 204 Å². The van der Waals surface area contributed by atoms with Gasteiger partial charge in [0.15, 0.2) is 0 Å². The van der Waals surface area contributed by atoms with Gasteiger partial charge in [-0.25, -0.2) is 9.97 Å². The predicted molar refractivity (Wildman–Crippen MR) is 240 cm³/mol. The molecule has 0 spiro atoms. The van der Waals surface area contributed by atoms with Crippen LogP contribution in [0, 0.1) is 0 Å². The lowest BCUT2D eigenvalue weighted by Crippen LogP contribution is -2.13. The third-order valence-corrected chi connectivity index (χ3v) is 11.6. The molecule has 1 aliphatic heterocycles. The Morgan fingerprint density at radius 1 is 0.333 bits per heavy atom. The molecule has 1 aliphatic rings. The van der Waals surface area contributed by atoms with Crippen LogP contribution in [0.5, 0.6) is 0 Å². The van der Waals surface area contributed by atoms with Gasteiger partial charge in [-0.2, -0.15) is 0 Å². The van der Waals surface area contributed by atoms with E-state index in [-0.39, 0.29) is 10.8 Å². The van der Waals surface area contributed by atoms with Crippen LogP contribution in [0.3, 0.4) is 0 Å². The zero-order chi connectivity index (χ0) is 39.1. The highest BCUT2D eigenvalue weighted by Gasteiger charge is 2.25. The molecule has 0 aliphatic carbocycles. The summed E-state index contributed by atoms with van der Waals surface area (Å²) in [4.78, 5) is 15.1. The molecular formula is C54H45N3. The van der Waals surface area contributed by atoms with Crippen molar-refractivity contribution in [3.05, 3.63) is 169 Å². The lowest BCUT2D eigenvalue weighted by Gasteiger charge is -2.23. The third kappa shape index (κ3) is 6.24. The smallest absolute Gasteiger partial charge is 0.0897 e. The second-order valence-corrected chi connectivity index (χ2v) is 17.7. The average Bonchev–Trinajstić information content (AvgIpc) is 3.61. The maximum Gasteiger partial charge on any atom is 0.0897 e. The summed E-state index contributed by atoms with van der Waals surface area (Å²) in [6.07, 6.45) is 0. The first-order valence-corrected chi connectivity index (χ1v) is 20.0. The van der Waals surface area contributed by atoms with Crippen molar-refractivity contribution in [2.45, 2.75) is 52.4 Å².